The highest BCUT2D eigenvalue weighted by atomic mass is 16.5. The third-order valence-electron chi connectivity index (χ3n) is 10.8. The lowest BCUT2D eigenvalue weighted by Gasteiger charge is -2.26. The Morgan fingerprint density at radius 1 is 0.391 bits per heavy atom. The van der Waals surface area contributed by atoms with Gasteiger partial charge in [-0.2, -0.15) is 0 Å². The van der Waals surface area contributed by atoms with Crippen LogP contribution in [0, 0.1) is 0 Å². The molecule has 0 unspecified atom stereocenters. The lowest BCUT2D eigenvalue weighted by Crippen LogP contribution is -2.10. The molecule has 8 aromatic carbocycles. The highest BCUT2D eigenvalue weighted by molar-refractivity contribution is 5.82. The summed E-state index contributed by atoms with van der Waals surface area (Å²) in [6, 6.07) is 69.0. The Morgan fingerprint density at radius 3 is 1.09 bits per heavy atom. The molecule has 0 aliphatic rings. The lowest BCUT2D eigenvalue weighted by molar-refractivity contribution is -0.137. The van der Waals surface area contributed by atoms with Crippen LogP contribution in [0.15, 0.2) is 232 Å². The maximum absolute atomic E-state index is 11.4. The van der Waals surface area contributed by atoms with Crippen LogP contribution in [0.4, 0.5) is 34.1 Å². The van der Waals surface area contributed by atoms with Crippen LogP contribution in [-0.2, 0) is 14.3 Å². The number of ether oxygens (including phenoxy) is 6. The molecule has 346 valence electrons. The summed E-state index contributed by atoms with van der Waals surface area (Å²) in [6.45, 7) is 9.52. The minimum atomic E-state index is -0.441. The molecule has 0 saturated heterocycles. The lowest BCUT2D eigenvalue weighted by atomic mass is 10.0. The number of benzene rings is 8. The van der Waals surface area contributed by atoms with Crippen LogP contribution < -0.4 is 28.7 Å². The van der Waals surface area contributed by atoms with Gasteiger partial charge in [0.1, 0.15) is 34.5 Å². The topological polar surface area (TPSA) is 78.9 Å². The monoisotopic (exact) mass is 914 g/mol. The van der Waals surface area contributed by atoms with Gasteiger partial charge in [-0.3, -0.25) is 0 Å². The SMILES string of the molecule is C=CCOCCCOc1ccc(N(c2ccc(Oc3ccccc3)cc2)c2ccc(-c3ccc(N(c4ccc(OCCCOC(=O)C=C)cc4)c4ccc(Oc5ccccc5)cc4)cc3)cc2)cc1. The number of carbonyl (C=O) groups is 1. The highest BCUT2D eigenvalue weighted by Gasteiger charge is 2.16. The molecule has 69 heavy (non-hydrogen) atoms. The van der Waals surface area contributed by atoms with Crippen LogP contribution in [0.3, 0.4) is 0 Å². The van der Waals surface area contributed by atoms with Crippen molar-refractivity contribution in [1.82, 2.24) is 0 Å². The second kappa shape index (κ2) is 24.3. The Labute approximate surface area is 404 Å². The van der Waals surface area contributed by atoms with E-state index in [1.807, 2.05) is 121 Å². The molecule has 9 nitrogen and oxygen atoms in total. The molecule has 0 bridgehead atoms. The van der Waals surface area contributed by atoms with Crippen molar-refractivity contribution < 1.29 is 33.2 Å². The van der Waals surface area contributed by atoms with Gasteiger partial charge in [0.05, 0.1) is 33.0 Å². The van der Waals surface area contributed by atoms with Crippen molar-refractivity contribution in [2.24, 2.45) is 0 Å². The molecule has 0 radical (unpaired) electrons. The van der Waals surface area contributed by atoms with Crippen molar-refractivity contribution in [2.45, 2.75) is 12.8 Å². The van der Waals surface area contributed by atoms with Gasteiger partial charge in [0.2, 0.25) is 0 Å². The van der Waals surface area contributed by atoms with Crippen LogP contribution in [0.5, 0.6) is 34.5 Å². The highest BCUT2D eigenvalue weighted by Crippen LogP contribution is 2.40. The molecule has 0 aliphatic carbocycles. The van der Waals surface area contributed by atoms with Gasteiger partial charge in [0, 0.05) is 53.0 Å². The summed E-state index contributed by atoms with van der Waals surface area (Å²) in [5, 5.41) is 0. The van der Waals surface area contributed by atoms with E-state index in [9.17, 15) is 4.79 Å². The van der Waals surface area contributed by atoms with Crippen LogP contribution in [0.2, 0.25) is 0 Å². The second-order valence-corrected chi connectivity index (χ2v) is 15.7. The largest absolute Gasteiger partial charge is 0.494 e. The average Bonchev–Trinajstić information content (AvgIpc) is 3.40. The molecule has 9 heteroatoms. The van der Waals surface area contributed by atoms with Gasteiger partial charge in [-0.15, -0.1) is 6.58 Å². The number of para-hydroxylation sites is 2. The number of nitrogens with zero attached hydrogens (tertiary/aromatic N) is 2. The van der Waals surface area contributed by atoms with Crippen molar-refractivity contribution >= 4 is 40.1 Å². The van der Waals surface area contributed by atoms with Gasteiger partial charge < -0.3 is 38.2 Å². The van der Waals surface area contributed by atoms with Gasteiger partial charge in [-0.25, -0.2) is 4.79 Å². The summed E-state index contributed by atoms with van der Waals surface area (Å²) in [4.78, 5) is 15.8. The average molecular weight is 915 g/mol. The van der Waals surface area contributed by atoms with Crippen molar-refractivity contribution in [1.29, 1.82) is 0 Å². The van der Waals surface area contributed by atoms with Gasteiger partial charge in [0.25, 0.3) is 0 Å². The summed E-state index contributed by atoms with van der Waals surface area (Å²) in [5.74, 6) is 4.11. The molecule has 0 heterocycles. The van der Waals surface area contributed by atoms with Gasteiger partial charge >= 0.3 is 5.97 Å². The Balaban J connectivity index is 1.02. The van der Waals surface area contributed by atoms with E-state index < -0.39 is 5.97 Å². The molecule has 0 N–H and O–H groups in total. The third kappa shape index (κ3) is 13.3. The molecule has 0 spiro atoms. The molecule has 8 rings (SSSR count). The van der Waals surface area contributed by atoms with Gasteiger partial charge in [-0.05, 0) is 157 Å². The zero-order valence-corrected chi connectivity index (χ0v) is 38.4. The van der Waals surface area contributed by atoms with Crippen molar-refractivity contribution in [3.8, 4) is 45.6 Å². The maximum Gasteiger partial charge on any atom is 0.330 e. The molecular weight excluding hydrogens is 861 g/mol. The molecule has 0 saturated carbocycles. The molecule has 0 atom stereocenters. The minimum absolute atomic E-state index is 0.263. The van der Waals surface area contributed by atoms with E-state index in [2.05, 4.69) is 108 Å². The minimum Gasteiger partial charge on any atom is -0.494 e. The van der Waals surface area contributed by atoms with Gasteiger partial charge in [-0.1, -0.05) is 73.3 Å². The Morgan fingerprint density at radius 2 is 0.725 bits per heavy atom. The van der Waals surface area contributed by atoms with E-state index in [4.69, 9.17) is 28.4 Å². The van der Waals surface area contributed by atoms with E-state index in [1.54, 1.807) is 6.08 Å². The standard InChI is InChI=1S/C60H54N2O7/c1-3-41-64-42-11-43-65-54-33-25-50(26-34-54)61(52-29-37-58(38-30-52)68-56-13-7-5-8-14-56)48-21-17-46(18-22-48)47-19-23-49(24-20-47)62(53-31-39-59(40-32-53)69-57-15-9-6-10-16-57)51-27-35-55(36-28-51)66-44-12-45-67-60(63)4-2/h3-10,13-40H,1-2,11-12,41-45H2. The fourth-order valence-corrected chi connectivity index (χ4v) is 7.46. The van der Waals surface area contributed by atoms with E-state index in [0.717, 1.165) is 92.2 Å². The van der Waals surface area contributed by atoms with E-state index in [0.29, 0.717) is 32.8 Å². The van der Waals surface area contributed by atoms with E-state index in [-0.39, 0.29) is 6.61 Å². The van der Waals surface area contributed by atoms with Crippen molar-refractivity contribution in [3.05, 3.63) is 232 Å². The predicted molar refractivity (Wildman–Crippen MR) is 277 cm³/mol. The summed E-state index contributed by atoms with van der Waals surface area (Å²) in [7, 11) is 0. The summed E-state index contributed by atoms with van der Waals surface area (Å²) < 4.78 is 34.8. The maximum atomic E-state index is 11.4. The number of anilines is 6. The smallest absolute Gasteiger partial charge is 0.330 e. The molecule has 0 fully saturated rings. The Hall–Kier alpha value is -8.53. The molecule has 0 aromatic heterocycles. The van der Waals surface area contributed by atoms with Gasteiger partial charge in [0.15, 0.2) is 0 Å². The molecular formula is C60H54N2O7. The van der Waals surface area contributed by atoms with E-state index >= 15 is 0 Å². The number of hydrogen-bond acceptors (Lipinski definition) is 9. The Bertz CT molecular complexity index is 2820. The summed E-state index contributed by atoms with van der Waals surface area (Å²) in [6.07, 6.45) is 4.26. The Kier molecular flexibility index (Phi) is 16.5. The molecule has 0 amide bonds. The van der Waals surface area contributed by atoms with Crippen LogP contribution in [0.25, 0.3) is 11.1 Å². The first-order chi connectivity index (χ1) is 34.0. The molecule has 8 aromatic rings. The number of hydrogen-bond donors (Lipinski definition) is 0. The third-order valence-corrected chi connectivity index (χ3v) is 10.8. The fourth-order valence-electron chi connectivity index (χ4n) is 7.46. The quantitative estimate of drug-likeness (QED) is 0.0255. The van der Waals surface area contributed by atoms with Crippen LogP contribution >= 0.6 is 0 Å². The number of carbonyl (C=O) groups excluding carboxylic acids is 1. The normalized spacial score (nSPS) is 10.7. The first kappa shape index (κ1) is 47.0. The summed E-state index contributed by atoms with van der Waals surface area (Å²) >= 11 is 0. The second-order valence-electron chi connectivity index (χ2n) is 15.7. The zero-order valence-electron chi connectivity index (χ0n) is 38.4. The number of esters is 1. The summed E-state index contributed by atoms with van der Waals surface area (Å²) in [5.41, 5.74) is 7.99. The van der Waals surface area contributed by atoms with Crippen LogP contribution in [0.1, 0.15) is 12.8 Å². The molecule has 0 aliphatic heterocycles. The fraction of sp³-hybridized carbons (Fsp3) is 0.117. The van der Waals surface area contributed by atoms with Crippen molar-refractivity contribution in [3.63, 3.8) is 0 Å². The first-order valence-electron chi connectivity index (χ1n) is 22.9. The predicted octanol–water partition coefficient (Wildman–Crippen LogP) is 15.3. The first-order valence-corrected chi connectivity index (χ1v) is 22.9. The van der Waals surface area contributed by atoms with Crippen molar-refractivity contribution in [2.75, 3.05) is 42.8 Å². The number of rotatable bonds is 24. The van der Waals surface area contributed by atoms with Crippen LogP contribution in [-0.4, -0.2) is 39.0 Å². The zero-order chi connectivity index (χ0) is 47.5. The van der Waals surface area contributed by atoms with E-state index in [1.165, 1.54) is 0 Å².